The van der Waals surface area contributed by atoms with Gasteiger partial charge >= 0.3 is 0 Å². The van der Waals surface area contributed by atoms with Crippen molar-refractivity contribution < 1.29 is 9.53 Å². The zero-order chi connectivity index (χ0) is 22.3. The predicted molar refractivity (Wildman–Crippen MR) is 127 cm³/mol. The Hall–Kier alpha value is -2.87. The number of anilines is 1. The van der Waals surface area contributed by atoms with Crippen molar-refractivity contribution in [3.63, 3.8) is 0 Å². The van der Waals surface area contributed by atoms with Crippen molar-refractivity contribution >= 4 is 23.2 Å². The van der Waals surface area contributed by atoms with E-state index in [1.165, 1.54) is 0 Å². The van der Waals surface area contributed by atoms with Crippen LogP contribution >= 0.6 is 11.6 Å². The summed E-state index contributed by atoms with van der Waals surface area (Å²) in [5, 5.41) is 7.65. The third-order valence-corrected chi connectivity index (χ3v) is 5.74. The molecule has 2 aromatic carbocycles. The zero-order valence-electron chi connectivity index (χ0n) is 18.2. The number of nitrogens with one attached hydrogen (secondary N) is 1. The monoisotopic (exact) mass is 453 g/mol. The van der Waals surface area contributed by atoms with Crippen LogP contribution in [0.25, 0.3) is 5.69 Å². The molecule has 0 unspecified atom stereocenters. The van der Waals surface area contributed by atoms with Crippen LogP contribution in [0, 0.1) is 0 Å². The second-order valence-electron chi connectivity index (χ2n) is 7.98. The molecule has 0 aliphatic carbocycles. The Morgan fingerprint density at radius 3 is 2.44 bits per heavy atom. The first kappa shape index (κ1) is 22.3. The minimum atomic E-state index is -0.165. The Morgan fingerprint density at radius 2 is 1.78 bits per heavy atom. The van der Waals surface area contributed by atoms with Crippen LogP contribution in [0.5, 0.6) is 5.75 Å². The predicted octanol–water partition coefficient (Wildman–Crippen LogP) is 3.79. The highest BCUT2D eigenvalue weighted by Crippen LogP contribution is 2.17. The molecule has 1 aliphatic rings. The molecule has 0 bridgehead atoms. The first-order valence-corrected chi connectivity index (χ1v) is 11.2. The molecule has 168 valence electrons. The van der Waals surface area contributed by atoms with Gasteiger partial charge in [-0.25, -0.2) is 4.68 Å². The van der Waals surface area contributed by atoms with Crippen LogP contribution in [0.3, 0.4) is 0 Å². The largest absolute Gasteiger partial charge is 0.494 e. The van der Waals surface area contributed by atoms with E-state index in [1.807, 2.05) is 36.4 Å². The number of ether oxygens (including phenoxy) is 1. The lowest BCUT2D eigenvalue weighted by Crippen LogP contribution is -2.44. The molecule has 8 heteroatoms. The Kier molecular flexibility index (Phi) is 7.42. The van der Waals surface area contributed by atoms with Crippen LogP contribution in [-0.4, -0.2) is 71.9 Å². The van der Waals surface area contributed by atoms with Crippen molar-refractivity contribution in [2.24, 2.45) is 0 Å². The number of aromatic nitrogens is 2. The number of rotatable bonds is 8. The van der Waals surface area contributed by atoms with Gasteiger partial charge in [-0.05, 0) is 62.0 Å². The van der Waals surface area contributed by atoms with E-state index in [4.69, 9.17) is 16.3 Å². The molecule has 0 radical (unpaired) electrons. The molecule has 32 heavy (non-hydrogen) atoms. The number of likely N-dealkylation sites (N-methyl/N-ethyl adjacent to an activating group) is 1. The number of benzene rings is 2. The Morgan fingerprint density at radius 1 is 1.06 bits per heavy atom. The van der Waals surface area contributed by atoms with Crippen LogP contribution in [0.1, 0.15) is 16.8 Å². The van der Waals surface area contributed by atoms with Gasteiger partial charge in [0.15, 0.2) is 0 Å². The van der Waals surface area contributed by atoms with E-state index in [2.05, 4.69) is 27.3 Å². The number of hydrogen-bond donors (Lipinski definition) is 1. The fourth-order valence-corrected chi connectivity index (χ4v) is 3.73. The Balaban J connectivity index is 1.22. The number of hydrogen-bond acceptors (Lipinski definition) is 5. The SMILES string of the molecule is CN1CCN(CCCOc2ccc(C(=O)Nc3ccc(-n4cc(Cl)cn4)cc3)cc2)CC1. The fraction of sp³-hybridized carbons (Fsp3) is 0.333. The molecule has 4 rings (SSSR count). The average molecular weight is 454 g/mol. The highest BCUT2D eigenvalue weighted by molar-refractivity contribution is 6.30. The van der Waals surface area contributed by atoms with Crippen molar-refractivity contribution in [3.05, 3.63) is 71.5 Å². The van der Waals surface area contributed by atoms with E-state index in [0.717, 1.165) is 50.6 Å². The molecule has 1 amide bonds. The van der Waals surface area contributed by atoms with Gasteiger partial charge in [0, 0.05) is 50.2 Å². The summed E-state index contributed by atoms with van der Waals surface area (Å²) in [6.07, 6.45) is 4.30. The first-order valence-electron chi connectivity index (χ1n) is 10.8. The number of carbonyl (C=O) groups excluding carboxylic acids is 1. The van der Waals surface area contributed by atoms with Gasteiger partial charge in [-0.3, -0.25) is 4.79 Å². The molecule has 3 aromatic rings. The normalized spacial score (nSPS) is 14.9. The minimum absolute atomic E-state index is 0.165. The van der Waals surface area contributed by atoms with E-state index >= 15 is 0 Å². The summed E-state index contributed by atoms with van der Waals surface area (Å²) in [6.45, 7) is 6.25. The van der Waals surface area contributed by atoms with Crippen LogP contribution in [-0.2, 0) is 0 Å². The molecular weight excluding hydrogens is 426 g/mol. The Labute approximate surface area is 193 Å². The maximum Gasteiger partial charge on any atom is 0.255 e. The Bertz CT molecular complexity index is 1010. The molecule has 1 saturated heterocycles. The standard InChI is InChI=1S/C24H28ClN5O2/c1-28-12-14-29(15-13-28)11-2-16-32-23-9-3-19(4-10-23)24(31)27-21-5-7-22(8-6-21)30-18-20(25)17-26-30/h3-10,17-18H,2,11-16H2,1H3,(H,27,31). The summed E-state index contributed by atoms with van der Waals surface area (Å²) < 4.78 is 7.52. The van der Waals surface area contributed by atoms with E-state index < -0.39 is 0 Å². The topological polar surface area (TPSA) is 62.6 Å². The summed E-state index contributed by atoms with van der Waals surface area (Å²) in [5.41, 5.74) is 2.16. The fourth-order valence-electron chi connectivity index (χ4n) is 3.59. The van der Waals surface area contributed by atoms with E-state index in [9.17, 15) is 4.79 Å². The molecule has 1 aliphatic heterocycles. The molecule has 7 nitrogen and oxygen atoms in total. The quantitative estimate of drug-likeness (QED) is 0.526. The molecule has 1 fully saturated rings. The average Bonchev–Trinajstić information content (AvgIpc) is 3.25. The van der Waals surface area contributed by atoms with Crippen molar-refractivity contribution in [2.75, 3.05) is 51.7 Å². The summed E-state index contributed by atoms with van der Waals surface area (Å²) in [4.78, 5) is 17.4. The number of halogens is 1. The maximum atomic E-state index is 12.5. The van der Waals surface area contributed by atoms with Gasteiger partial charge in [-0.15, -0.1) is 0 Å². The molecular formula is C24H28ClN5O2. The second-order valence-corrected chi connectivity index (χ2v) is 8.41. The molecule has 1 aromatic heterocycles. The van der Waals surface area contributed by atoms with Crippen LogP contribution in [0.2, 0.25) is 5.02 Å². The lowest BCUT2D eigenvalue weighted by molar-refractivity contribution is 0.102. The third-order valence-electron chi connectivity index (χ3n) is 5.54. The smallest absolute Gasteiger partial charge is 0.255 e. The third kappa shape index (κ3) is 6.09. The summed E-state index contributed by atoms with van der Waals surface area (Å²) in [6, 6.07) is 14.7. The summed E-state index contributed by atoms with van der Waals surface area (Å²) >= 11 is 5.91. The molecule has 0 saturated carbocycles. The van der Waals surface area contributed by atoms with Crippen LogP contribution in [0.15, 0.2) is 60.9 Å². The van der Waals surface area contributed by atoms with E-state index in [-0.39, 0.29) is 5.91 Å². The minimum Gasteiger partial charge on any atom is -0.494 e. The van der Waals surface area contributed by atoms with Gasteiger partial charge in [-0.2, -0.15) is 5.10 Å². The van der Waals surface area contributed by atoms with E-state index in [0.29, 0.717) is 22.9 Å². The number of amides is 1. The van der Waals surface area contributed by atoms with Gasteiger partial charge in [0.05, 0.1) is 23.5 Å². The maximum absolute atomic E-state index is 12.5. The van der Waals surface area contributed by atoms with Crippen LogP contribution < -0.4 is 10.1 Å². The van der Waals surface area contributed by atoms with Crippen molar-refractivity contribution in [2.45, 2.75) is 6.42 Å². The highest BCUT2D eigenvalue weighted by Gasteiger charge is 2.13. The number of carbonyl (C=O) groups is 1. The van der Waals surface area contributed by atoms with E-state index in [1.54, 1.807) is 29.2 Å². The van der Waals surface area contributed by atoms with Gasteiger partial charge < -0.3 is 19.9 Å². The van der Waals surface area contributed by atoms with Crippen molar-refractivity contribution in [1.29, 1.82) is 0 Å². The van der Waals surface area contributed by atoms with Gasteiger partial charge in [-0.1, -0.05) is 11.6 Å². The van der Waals surface area contributed by atoms with Gasteiger partial charge in [0.1, 0.15) is 5.75 Å². The van der Waals surface area contributed by atoms with Crippen LogP contribution in [0.4, 0.5) is 5.69 Å². The molecule has 2 heterocycles. The molecule has 0 spiro atoms. The number of piperazine rings is 1. The zero-order valence-corrected chi connectivity index (χ0v) is 19.0. The van der Waals surface area contributed by atoms with Crippen molar-refractivity contribution in [3.8, 4) is 11.4 Å². The summed E-state index contributed by atoms with van der Waals surface area (Å²) in [7, 11) is 2.17. The lowest BCUT2D eigenvalue weighted by atomic mass is 10.2. The molecule has 0 atom stereocenters. The lowest BCUT2D eigenvalue weighted by Gasteiger charge is -2.32. The molecule has 1 N–H and O–H groups in total. The highest BCUT2D eigenvalue weighted by atomic mass is 35.5. The summed E-state index contributed by atoms with van der Waals surface area (Å²) in [5.74, 6) is 0.615. The van der Waals surface area contributed by atoms with Crippen molar-refractivity contribution in [1.82, 2.24) is 19.6 Å². The first-order chi connectivity index (χ1) is 15.6. The number of nitrogens with zero attached hydrogens (tertiary/aromatic N) is 4. The van der Waals surface area contributed by atoms with Gasteiger partial charge in [0.25, 0.3) is 5.91 Å². The second kappa shape index (κ2) is 10.6. The van der Waals surface area contributed by atoms with Gasteiger partial charge in [0.2, 0.25) is 0 Å².